The molecule has 0 unspecified atom stereocenters. The van der Waals surface area contributed by atoms with Crippen LogP contribution in [-0.2, 0) is 0 Å². The minimum Gasteiger partial charge on any atom is -0.284 e. The van der Waals surface area contributed by atoms with Crippen molar-refractivity contribution in [2.45, 2.75) is 36.2 Å². The molecule has 1 aliphatic carbocycles. The number of benzene rings is 2. The predicted octanol–water partition coefficient (Wildman–Crippen LogP) is 4.58. The Morgan fingerprint density at radius 1 is 1.09 bits per heavy atom. The Balaban J connectivity index is 1.79. The molecule has 3 nitrogen and oxygen atoms in total. The van der Waals surface area contributed by atoms with Gasteiger partial charge in [0.1, 0.15) is 0 Å². The number of hydrogen-bond donors (Lipinski definition) is 0. The van der Waals surface area contributed by atoms with E-state index in [-0.39, 0.29) is 10.8 Å². The van der Waals surface area contributed by atoms with Gasteiger partial charge in [-0.2, -0.15) is 0 Å². The third-order valence-corrected chi connectivity index (χ3v) is 5.36. The maximum absolute atomic E-state index is 12.9. The summed E-state index contributed by atoms with van der Waals surface area (Å²) < 4.78 is 1.91. The number of rotatable bonds is 4. The van der Waals surface area contributed by atoms with E-state index >= 15 is 0 Å². The Kier molecular flexibility index (Phi) is 3.69. The second-order valence-electron chi connectivity index (χ2n) is 5.99. The van der Waals surface area contributed by atoms with E-state index in [0.717, 1.165) is 28.9 Å². The maximum Gasteiger partial charge on any atom is 0.262 e. The summed E-state index contributed by atoms with van der Waals surface area (Å²) in [6.07, 6.45) is 2.15. The van der Waals surface area contributed by atoms with Crippen LogP contribution in [0.1, 0.15) is 36.6 Å². The van der Waals surface area contributed by atoms with Crippen molar-refractivity contribution in [1.29, 1.82) is 0 Å². The van der Waals surface area contributed by atoms with Crippen LogP contribution >= 0.6 is 11.8 Å². The molecule has 1 heterocycles. The highest BCUT2D eigenvalue weighted by Crippen LogP contribution is 2.40. The number of hydrogen-bond acceptors (Lipinski definition) is 3. The zero-order chi connectivity index (χ0) is 15.8. The standard InChI is InChI=1S/C19H18N2OS/c1-13(14-7-3-2-4-8-14)23-19-20-17-10-6-5-9-16(17)18(22)21(19)15-11-12-15/h2-10,13,15H,11-12H2,1H3/t13-/m1/s1. The Labute approximate surface area is 139 Å². The Bertz CT molecular complexity index is 900. The second kappa shape index (κ2) is 5.85. The molecular formula is C19H18N2OS. The SMILES string of the molecule is C[C@@H](Sc1nc2ccccc2c(=O)n1C1CC1)c1ccccc1. The number of aromatic nitrogens is 2. The van der Waals surface area contributed by atoms with Crippen LogP contribution < -0.4 is 5.56 Å². The molecule has 1 aromatic heterocycles. The van der Waals surface area contributed by atoms with Gasteiger partial charge in [0.15, 0.2) is 5.16 Å². The van der Waals surface area contributed by atoms with Gasteiger partial charge in [0.2, 0.25) is 0 Å². The van der Waals surface area contributed by atoms with Crippen LogP contribution in [0.2, 0.25) is 0 Å². The lowest BCUT2D eigenvalue weighted by atomic mass is 10.2. The van der Waals surface area contributed by atoms with Crippen LogP contribution in [0.15, 0.2) is 64.5 Å². The molecule has 4 rings (SSSR count). The van der Waals surface area contributed by atoms with E-state index in [4.69, 9.17) is 4.98 Å². The molecule has 0 radical (unpaired) electrons. The van der Waals surface area contributed by atoms with Gasteiger partial charge < -0.3 is 0 Å². The first-order valence-corrected chi connectivity index (χ1v) is 8.85. The van der Waals surface area contributed by atoms with Gasteiger partial charge in [-0.05, 0) is 37.5 Å². The summed E-state index contributed by atoms with van der Waals surface area (Å²) >= 11 is 1.67. The van der Waals surface area contributed by atoms with Gasteiger partial charge in [-0.25, -0.2) is 4.98 Å². The fraction of sp³-hybridized carbons (Fsp3) is 0.263. The van der Waals surface area contributed by atoms with Crippen molar-refractivity contribution in [2.24, 2.45) is 0 Å². The summed E-state index contributed by atoms with van der Waals surface area (Å²) in [7, 11) is 0. The van der Waals surface area contributed by atoms with Crippen LogP contribution in [0.3, 0.4) is 0 Å². The highest BCUT2D eigenvalue weighted by molar-refractivity contribution is 7.99. The first-order valence-electron chi connectivity index (χ1n) is 7.97. The van der Waals surface area contributed by atoms with Crippen molar-refractivity contribution in [2.75, 3.05) is 0 Å². The van der Waals surface area contributed by atoms with Crippen molar-refractivity contribution in [3.8, 4) is 0 Å². The van der Waals surface area contributed by atoms with Crippen molar-refractivity contribution in [1.82, 2.24) is 9.55 Å². The van der Waals surface area contributed by atoms with E-state index in [1.807, 2.05) is 47.0 Å². The van der Waals surface area contributed by atoms with Gasteiger partial charge in [-0.15, -0.1) is 0 Å². The zero-order valence-corrected chi connectivity index (χ0v) is 13.8. The summed E-state index contributed by atoms with van der Waals surface area (Å²) in [5, 5.41) is 1.82. The molecule has 0 amide bonds. The molecule has 116 valence electrons. The molecule has 0 spiro atoms. The van der Waals surface area contributed by atoms with Gasteiger partial charge in [-0.1, -0.05) is 54.2 Å². The predicted molar refractivity (Wildman–Crippen MR) is 95.0 cm³/mol. The Morgan fingerprint density at radius 3 is 2.52 bits per heavy atom. The highest BCUT2D eigenvalue weighted by atomic mass is 32.2. The average Bonchev–Trinajstić information content (AvgIpc) is 3.41. The molecular weight excluding hydrogens is 304 g/mol. The summed E-state index contributed by atoms with van der Waals surface area (Å²) in [5.74, 6) is 0. The fourth-order valence-corrected chi connectivity index (χ4v) is 3.92. The van der Waals surface area contributed by atoms with E-state index < -0.39 is 0 Å². The molecule has 1 aliphatic rings. The van der Waals surface area contributed by atoms with Crippen LogP contribution in [0.25, 0.3) is 10.9 Å². The Hall–Kier alpha value is -2.07. The number of fused-ring (bicyclic) bond motifs is 1. The first-order chi connectivity index (χ1) is 11.2. The van der Waals surface area contributed by atoms with Crippen LogP contribution in [0, 0.1) is 0 Å². The van der Waals surface area contributed by atoms with Crippen LogP contribution in [-0.4, -0.2) is 9.55 Å². The number of nitrogens with zero attached hydrogens (tertiary/aromatic N) is 2. The molecule has 2 aromatic carbocycles. The van der Waals surface area contributed by atoms with Crippen molar-refractivity contribution < 1.29 is 0 Å². The molecule has 0 aliphatic heterocycles. The molecule has 1 atom stereocenters. The van der Waals surface area contributed by atoms with Gasteiger partial charge in [0.25, 0.3) is 5.56 Å². The van der Waals surface area contributed by atoms with E-state index in [2.05, 4.69) is 19.1 Å². The normalized spacial score (nSPS) is 15.7. The molecule has 0 saturated heterocycles. The van der Waals surface area contributed by atoms with Crippen molar-refractivity contribution >= 4 is 22.7 Å². The lowest BCUT2D eigenvalue weighted by molar-refractivity contribution is 0.617. The molecule has 23 heavy (non-hydrogen) atoms. The third-order valence-electron chi connectivity index (χ3n) is 4.24. The lowest BCUT2D eigenvalue weighted by Gasteiger charge is -2.16. The topological polar surface area (TPSA) is 34.9 Å². The lowest BCUT2D eigenvalue weighted by Crippen LogP contribution is -2.22. The minimum absolute atomic E-state index is 0.0980. The van der Waals surface area contributed by atoms with E-state index in [0.29, 0.717) is 6.04 Å². The van der Waals surface area contributed by atoms with E-state index in [9.17, 15) is 4.79 Å². The monoisotopic (exact) mass is 322 g/mol. The summed E-state index contributed by atoms with van der Waals surface area (Å²) in [6.45, 7) is 2.17. The fourth-order valence-electron chi connectivity index (χ4n) is 2.81. The van der Waals surface area contributed by atoms with Crippen molar-refractivity contribution in [3.05, 3.63) is 70.5 Å². The van der Waals surface area contributed by atoms with Gasteiger partial charge in [0.05, 0.1) is 10.9 Å². The molecule has 0 N–H and O–H groups in total. The molecule has 1 fully saturated rings. The zero-order valence-electron chi connectivity index (χ0n) is 13.0. The summed E-state index contributed by atoms with van der Waals surface area (Å²) in [6, 6.07) is 18.3. The summed E-state index contributed by atoms with van der Waals surface area (Å²) in [4.78, 5) is 17.6. The van der Waals surface area contributed by atoms with Gasteiger partial charge in [0, 0.05) is 11.3 Å². The molecule has 1 saturated carbocycles. The van der Waals surface area contributed by atoms with Gasteiger partial charge >= 0.3 is 0 Å². The quantitative estimate of drug-likeness (QED) is 0.521. The second-order valence-corrected chi connectivity index (χ2v) is 7.30. The number of para-hydroxylation sites is 1. The van der Waals surface area contributed by atoms with E-state index in [1.54, 1.807) is 11.8 Å². The van der Waals surface area contributed by atoms with E-state index in [1.165, 1.54) is 5.56 Å². The minimum atomic E-state index is 0.0980. The highest BCUT2D eigenvalue weighted by Gasteiger charge is 2.29. The average molecular weight is 322 g/mol. The molecule has 0 bridgehead atoms. The molecule has 4 heteroatoms. The maximum atomic E-state index is 12.9. The van der Waals surface area contributed by atoms with Crippen LogP contribution in [0.5, 0.6) is 0 Å². The Morgan fingerprint density at radius 2 is 1.78 bits per heavy atom. The first kappa shape index (κ1) is 14.5. The largest absolute Gasteiger partial charge is 0.284 e. The smallest absolute Gasteiger partial charge is 0.262 e. The molecule has 3 aromatic rings. The van der Waals surface area contributed by atoms with Crippen LogP contribution in [0.4, 0.5) is 0 Å². The number of thioether (sulfide) groups is 1. The third kappa shape index (κ3) is 2.79. The van der Waals surface area contributed by atoms with Crippen molar-refractivity contribution in [3.63, 3.8) is 0 Å². The summed E-state index contributed by atoms with van der Waals surface area (Å²) in [5.41, 5.74) is 2.14. The van der Waals surface area contributed by atoms with Gasteiger partial charge in [-0.3, -0.25) is 9.36 Å².